The average molecular weight is 564 g/mol. The summed E-state index contributed by atoms with van der Waals surface area (Å²) in [7, 11) is -5.37. The van der Waals surface area contributed by atoms with Crippen molar-refractivity contribution in [3.05, 3.63) is 71.8 Å². The van der Waals surface area contributed by atoms with Crippen LogP contribution in [0.5, 0.6) is 11.5 Å². The molecule has 0 aromatic heterocycles. The number of aliphatic hydroxyl groups excluding tert-OH is 1. The van der Waals surface area contributed by atoms with Gasteiger partial charge in [-0.05, 0) is 55.7 Å². The second-order valence-corrected chi connectivity index (χ2v) is 13.1. The molecule has 8 nitrogen and oxygen atoms in total. The number of benzene rings is 3. The fourth-order valence-electron chi connectivity index (χ4n) is 4.56. The molecule has 3 N–H and O–H groups in total. The molecule has 5 rings (SSSR count). The maximum Gasteiger partial charge on any atom is 0.243 e. The Morgan fingerprint density at radius 3 is 2.55 bits per heavy atom. The van der Waals surface area contributed by atoms with E-state index in [1.165, 1.54) is 18.2 Å². The number of hydrogen-bond acceptors (Lipinski definition) is 6. The van der Waals surface area contributed by atoms with Crippen LogP contribution < -0.4 is 19.1 Å². The maximum absolute atomic E-state index is 14.9. The number of halogens is 2. The van der Waals surface area contributed by atoms with E-state index >= 15 is 0 Å². The van der Waals surface area contributed by atoms with Crippen molar-refractivity contribution in [3.8, 4) is 11.5 Å². The number of nitrogens with one attached hydrogen (secondary N) is 2. The second-order valence-electron chi connectivity index (χ2n) is 9.44. The minimum atomic E-state index is -4.05. The molecule has 0 amide bonds. The fraction of sp³-hybridized carbons (Fsp3) is 0.308. The highest BCUT2D eigenvalue weighted by Crippen LogP contribution is 2.57. The molecule has 3 aromatic carbocycles. The van der Waals surface area contributed by atoms with Gasteiger partial charge in [-0.2, -0.15) is 0 Å². The molecular weight excluding hydrogens is 536 g/mol. The number of anilines is 4. The number of aliphatic hydroxyl groups is 1. The highest BCUT2D eigenvalue weighted by atomic mass is 32.2. The second kappa shape index (κ2) is 9.83. The molecule has 1 aliphatic carbocycles. The summed E-state index contributed by atoms with van der Waals surface area (Å²) >= 11 is 0. The molecule has 2 aliphatic rings. The highest BCUT2D eigenvalue weighted by Gasteiger charge is 2.65. The Morgan fingerprint density at radius 2 is 1.89 bits per heavy atom. The number of aryl methyl sites for hydroxylation is 1. The zero-order chi connectivity index (χ0) is 27.2. The van der Waals surface area contributed by atoms with Gasteiger partial charge in [-0.3, -0.25) is 0 Å². The van der Waals surface area contributed by atoms with Gasteiger partial charge < -0.3 is 19.9 Å². The highest BCUT2D eigenvalue weighted by molar-refractivity contribution is 7.94. The molecule has 38 heavy (non-hydrogen) atoms. The molecule has 1 aliphatic heterocycles. The van der Waals surface area contributed by atoms with Gasteiger partial charge in [0.05, 0.1) is 16.1 Å². The van der Waals surface area contributed by atoms with Crippen molar-refractivity contribution in [1.82, 2.24) is 0 Å². The smallest absolute Gasteiger partial charge is 0.243 e. The quantitative estimate of drug-likeness (QED) is 0.344. The van der Waals surface area contributed by atoms with Gasteiger partial charge in [0.15, 0.2) is 5.75 Å². The monoisotopic (exact) mass is 563 g/mol. The first-order valence-corrected chi connectivity index (χ1v) is 14.8. The standard InChI is InChI=1S/C26H27F2N3O5S2/c1-3-37(33)30-18-5-4-6-19(14-18)36-23-13-17(27)12-22(29-21-8-7-16(2)11-20(21)28)25(23)31-24(32)15-26(9-10-26)38(31,34)35/h4-8,11-14,24,29-30,32H,3,9-10,15H2,1-2H3. The van der Waals surface area contributed by atoms with Gasteiger partial charge in [0.1, 0.15) is 40.3 Å². The zero-order valence-corrected chi connectivity index (χ0v) is 22.3. The van der Waals surface area contributed by atoms with Crippen molar-refractivity contribution in [2.45, 2.75) is 44.1 Å². The van der Waals surface area contributed by atoms with E-state index in [4.69, 9.17) is 4.74 Å². The van der Waals surface area contributed by atoms with Crippen molar-refractivity contribution in [2.24, 2.45) is 0 Å². The summed E-state index contributed by atoms with van der Waals surface area (Å²) in [5.41, 5.74) is 0.908. The third-order valence-corrected chi connectivity index (χ3v) is 10.2. The van der Waals surface area contributed by atoms with Crippen LogP contribution in [0.4, 0.5) is 31.5 Å². The molecule has 1 heterocycles. The van der Waals surface area contributed by atoms with Crippen molar-refractivity contribution in [3.63, 3.8) is 0 Å². The lowest BCUT2D eigenvalue weighted by Gasteiger charge is -2.27. The number of rotatable bonds is 8. The van der Waals surface area contributed by atoms with Crippen LogP contribution in [0.1, 0.15) is 31.7 Å². The van der Waals surface area contributed by atoms with Crippen molar-refractivity contribution >= 4 is 43.8 Å². The molecule has 2 fully saturated rings. The lowest BCUT2D eigenvalue weighted by molar-refractivity contribution is 0.184. The lowest BCUT2D eigenvalue weighted by Crippen LogP contribution is -2.35. The van der Waals surface area contributed by atoms with Gasteiger partial charge in [0, 0.05) is 30.0 Å². The van der Waals surface area contributed by atoms with E-state index in [9.17, 15) is 26.5 Å². The molecular formula is C26H27F2N3O5S2. The maximum atomic E-state index is 14.9. The SMILES string of the molecule is CCS(=O)Nc1cccc(Oc2cc(F)cc(Nc3ccc(C)cc3F)c2N2C(O)CC3(CC3)S2(=O)=O)c1. The number of hydrogen-bond donors (Lipinski definition) is 3. The van der Waals surface area contributed by atoms with Crippen LogP contribution in [0.15, 0.2) is 54.6 Å². The molecule has 1 spiro atoms. The Kier molecular flexibility index (Phi) is 6.82. The van der Waals surface area contributed by atoms with E-state index in [0.717, 1.165) is 16.4 Å². The summed E-state index contributed by atoms with van der Waals surface area (Å²) in [6, 6.07) is 12.8. The zero-order valence-electron chi connectivity index (χ0n) is 20.7. The van der Waals surface area contributed by atoms with Crippen molar-refractivity contribution < 1.29 is 31.3 Å². The summed E-state index contributed by atoms with van der Waals surface area (Å²) in [5.74, 6) is -1.01. The topological polar surface area (TPSA) is 108 Å². The molecule has 2 atom stereocenters. The fourth-order valence-corrected chi connectivity index (χ4v) is 7.31. The predicted octanol–water partition coefficient (Wildman–Crippen LogP) is 5.30. The third-order valence-electron chi connectivity index (χ3n) is 6.65. The van der Waals surface area contributed by atoms with Gasteiger partial charge in [-0.15, -0.1) is 0 Å². The third kappa shape index (κ3) is 4.83. The van der Waals surface area contributed by atoms with E-state index in [2.05, 4.69) is 10.0 Å². The Morgan fingerprint density at radius 1 is 1.13 bits per heavy atom. The normalized spacial score (nSPS) is 19.8. The van der Waals surface area contributed by atoms with Gasteiger partial charge in [0.25, 0.3) is 0 Å². The summed E-state index contributed by atoms with van der Waals surface area (Å²) in [5, 5.41) is 13.7. The van der Waals surface area contributed by atoms with Gasteiger partial charge in [-0.1, -0.05) is 19.1 Å². The molecule has 2 unspecified atom stereocenters. The predicted molar refractivity (Wildman–Crippen MR) is 144 cm³/mol. The first kappa shape index (κ1) is 26.4. The molecule has 1 saturated heterocycles. The van der Waals surface area contributed by atoms with E-state index in [1.54, 1.807) is 38.1 Å². The first-order chi connectivity index (χ1) is 18.0. The number of sulfonamides is 1. The molecule has 3 aromatic rings. The van der Waals surface area contributed by atoms with Crippen LogP contribution in [0.25, 0.3) is 0 Å². The van der Waals surface area contributed by atoms with Crippen molar-refractivity contribution in [2.75, 3.05) is 20.1 Å². The van der Waals surface area contributed by atoms with E-state index in [-0.39, 0.29) is 35.0 Å². The van der Waals surface area contributed by atoms with E-state index in [0.29, 0.717) is 29.8 Å². The lowest BCUT2D eigenvalue weighted by atomic mass is 10.1. The summed E-state index contributed by atoms with van der Waals surface area (Å²) in [6.45, 7) is 3.47. The van der Waals surface area contributed by atoms with Crippen LogP contribution in [-0.2, 0) is 21.0 Å². The van der Waals surface area contributed by atoms with Crippen LogP contribution in [0.3, 0.4) is 0 Å². The minimum absolute atomic E-state index is 0.00568. The number of nitrogens with zero attached hydrogens (tertiary/aromatic N) is 1. The Bertz CT molecular complexity index is 1530. The van der Waals surface area contributed by atoms with E-state index in [1.807, 2.05) is 0 Å². The Hall–Kier alpha value is -3.22. The summed E-state index contributed by atoms with van der Waals surface area (Å²) in [6.07, 6.45) is -0.624. The first-order valence-electron chi connectivity index (χ1n) is 12.0. The van der Waals surface area contributed by atoms with Crippen LogP contribution in [-0.4, -0.2) is 34.5 Å². The molecule has 0 radical (unpaired) electrons. The van der Waals surface area contributed by atoms with E-state index < -0.39 is 43.6 Å². The van der Waals surface area contributed by atoms with Crippen LogP contribution in [0, 0.1) is 18.6 Å². The molecule has 1 saturated carbocycles. The molecule has 0 bridgehead atoms. The number of ether oxygens (including phenoxy) is 1. The summed E-state index contributed by atoms with van der Waals surface area (Å²) in [4.78, 5) is 0. The van der Waals surface area contributed by atoms with Crippen LogP contribution >= 0.6 is 0 Å². The largest absolute Gasteiger partial charge is 0.455 e. The minimum Gasteiger partial charge on any atom is -0.455 e. The Labute approximate surface area is 222 Å². The molecule has 202 valence electrons. The van der Waals surface area contributed by atoms with Crippen molar-refractivity contribution in [1.29, 1.82) is 0 Å². The molecule has 12 heteroatoms. The Balaban J connectivity index is 1.63. The van der Waals surface area contributed by atoms with Gasteiger partial charge >= 0.3 is 0 Å². The average Bonchev–Trinajstić information content (AvgIpc) is 3.60. The van der Waals surface area contributed by atoms with Crippen LogP contribution in [0.2, 0.25) is 0 Å². The summed E-state index contributed by atoms with van der Waals surface area (Å²) < 4.78 is 77.3. The van der Waals surface area contributed by atoms with Gasteiger partial charge in [-0.25, -0.2) is 25.7 Å². The van der Waals surface area contributed by atoms with Gasteiger partial charge in [0.2, 0.25) is 10.0 Å².